The highest BCUT2D eigenvalue weighted by Gasteiger charge is 2.54. The standard InChI is InChI=1S/C20H17N3O4/c1-13-7-8-15(23(25)26)11-16(13)21-19(24)20(9-10-20)18-12-17(27-22-18)14-5-3-2-4-6-14/h2-8,11-12H,9-10H2,1H3,(H,21,24). The van der Waals surface area contributed by atoms with Gasteiger partial charge in [-0.2, -0.15) is 0 Å². The van der Waals surface area contributed by atoms with E-state index in [1.807, 2.05) is 30.3 Å². The number of hydrogen-bond acceptors (Lipinski definition) is 5. The summed E-state index contributed by atoms with van der Waals surface area (Å²) in [6.07, 6.45) is 1.32. The summed E-state index contributed by atoms with van der Waals surface area (Å²) < 4.78 is 5.43. The number of nitrogens with one attached hydrogen (secondary N) is 1. The molecule has 136 valence electrons. The van der Waals surface area contributed by atoms with Crippen molar-refractivity contribution in [2.24, 2.45) is 0 Å². The smallest absolute Gasteiger partial charge is 0.271 e. The van der Waals surface area contributed by atoms with Gasteiger partial charge in [-0.3, -0.25) is 14.9 Å². The van der Waals surface area contributed by atoms with E-state index in [1.165, 1.54) is 12.1 Å². The normalized spacial score (nSPS) is 14.6. The molecule has 1 amide bonds. The van der Waals surface area contributed by atoms with Crippen molar-refractivity contribution in [2.75, 3.05) is 5.32 Å². The first kappa shape index (κ1) is 17.0. The minimum atomic E-state index is -0.742. The van der Waals surface area contributed by atoms with E-state index in [0.717, 1.165) is 11.1 Å². The zero-order valence-electron chi connectivity index (χ0n) is 14.6. The van der Waals surface area contributed by atoms with Crippen molar-refractivity contribution >= 4 is 17.3 Å². The first-order valence-corrected chi connectivity index (χ1v) is 8.59. The van der Waals surface area contributed by atoms with E-state index in [1.54, 1.807) is 19.1 Å². The fraction of sp³-hybridized carbons (Fsp3) is 0.200. The first-order valence-electron chi connectivity index (χ1n) is 8.59. The van der Waals surface area contributed by atoms with Gasteiger partial charge in [0.05, 0.1) is 21.7 Å². The van der Waals surface area contributed by atoms with Crippen molar-refractivity contribution in [3.8, 4) is 11.3 Å². The molecular weight excluding hydrogens is 346 g/mol. The monoisotopic (exact) mass is 363 g/mol. The van der Waals surface area contributed by atoms with Gasteiger partial charge >= 0.3 is 0 Å². The van der Waals surface area contributed by atoms with Crippen LogP contribution in [-0.4, -0.2) is 16.0 Å². The lowest BCUT2D eigenvalue weighted by Crippen LogP contribution is -2.28. The minimum Gasteiger partial charge on any atom is -0.356 e. The molecule has 7 heteroatoms. The summed E-state index contributed by atoms with van der Waals surface area (Å²) in [6.45, 7) is 1.79. The van der Waals surface area contributed by atoms with Crippen LogP contribution in [0.25, 0.3) is 11.3 Å². The Balaban J connectivity index is 1.59. The molecule has 0 saturated heterocycles. The fourth-order valence-electron chi connectivity index (χ4n) is 3.06. The number of nitro groups is 1. The Morgan fingerprint density at radius 2 is 1.93 bits per heavy atom. The van der Waals surface area contributed by atoms with Crippen LogP contribution in [0.4, 0.5) is 11.4 Å². The van der Waals surface area contributed by atoms with Gasteiger partial charge in [0, 0.05) is 23.8 Å². The maximum absolute atomic E-state index is 12.9. The van der Waals surface area contributed by atoms with Crippen molar-refractivity contribution in [1.82, 2.24) is 5.16 Å². The molecule has 0 radical (unpaired) electrons. The Morgan fingerprint density at radius 1 is 1.19 bits per heavy atom. The molecule has 1 aliphatic carbocycles. The van der Waals surface area contributed by atoms with Crippen LogP contribution in [0.15, 0.2) is 59.1 Å². The minimum absolute atomic E-state index is 0.0615. The third kappa shape index (κ3) is 3.08. The second kappa shape index (κ2) is 6.35. The number of nitrogens with zero attached hydrogens (tertiary/aromatic N) is 2. The molecule has 4 rings (SSSR count). The Morgan fingerprint density at radius 3 is 2.59 bits per heavy atom. The lowest BCUT2D eigenvalue weighted by atomic mass is 10.00. The highest BCUT2D eigenvalue weighted by atomic mass is 16.6. The third-order valence-corrected chi connectivity index (χ3v) is 4.92. The van der Waals surface area contributed by atoms with Crippen LogP contribution in [0.3, 0.4) is 0 Å². The van der Waals surface area contributed by atoms with Gasteiger partial charge in [-0.1, -0.05) is 41.6 Å². The Labute approximate surface area is 155 Å². The van der Waals surface area contributed by atoms with Gasteiger partial charge in [0.25, 0.3) is 5.69 Å². The molecule has 1 aromatic heterocycles. The zero-order chi connectivity index (χ0) is 19.0. The number of aryl methyl sites for hydroxylation is 1. The number of carbonyl (C=O) groups is 1. The second-order valence-electron chi connectivity index (χ2n) is 6.73. The van der Waals surface area contributed by atoms with Crippen LogP contribution in [0.5, 0.6) is 0 Å². The summed E-state index contributed by atoms with van der Waals surface area (Å²) in [5, 5.41) is 17.9. The molecule has 1 aliphatic rings. The number of benzene rings is 2. The molecule has 0 bridgehead atoms. The maximum atomic E-state index is 12.9. The van der Waals surface area contributed by atoms with Crippen LogP contribution in [0.2, 0.25) is 0 Å². The van der Waals surface area contributed by atoms with Gasteiger partial charge in [0.2, 0.25) is 5.91 Å². The predicted octanol–water partition coefficient (Wildman–Crippen LogP) is 4.23. The molecule has 27 heavy (non-hydrogen) atoms. The number of anilines is 1. The summed E-state index contributed by atoms with van der Waals surface area (Å²) in [6, 6.07) is 15.8. The van der Waals surface area contributed by atoms with Gasteiger partial charge < -0.3 is 9.84 Å². The number of carbonyl (C=O) groups excluding carboxylic acids is 1. The largest absolute Gasteiger partial charge is 0.356 e. The molecule has 3 aromatic rings. The quantitative estimate of drug-likeness (QED) is 0.540. The average Bonchev–Trinajstić information content (AvgIpc) is 3.34. The van der Waals surface area contributed by atoms with Gasteiger partial charge in [0.1, 0.15) is 0 Å². The molecule has 0 spiro atoms. The molecule has 1 fully saturated rings. The summed E-state index contributed by atoms with van der Waals surface area (Å²) in [4.78, 5) is 23.4. The highest BCUT2D eigenvalue weighted by Crippen LogP contribution is 2.49. The molecule has 0 atom stereocenters. The SMILES string of the molecule is Cc1ccc([N+](=O)[O-])cc1NC(=O)C1(c2cc(-c3ccccc3)on2)CC1. The predicted molar refractivity (Wildman–Crippen MR) is 99.3 cm³/mol. The average molecular weight is 363 g/mol. The van der Waals surface area contributed by atoms with E-state index in [0.29, 0.717) is 30.0 Å². The molecule has 1 heterocycles. The number of amides is 1. The first-order chi connectivity index (χ1) is 13.0. The number of hydrogen-bond donors (Lipinski definition) is 1. The van der Waals surface area contributed by atoms with E-state index < -0.39 is 10.3 Å². The van der Waals surface area contributed by atoms with E-state index in [4.69, 9.17) is 4.52 Å². The number of non-ortho nitro benzene ring substituents is 1. The van der Waals surface area contributed by atoms with Crippen molar-refractivity contribution < 1.29 is 14.2 Å². The van der Waals surface area contributed by atoms with Crippen molar-refractivity contribution in [3.63, 3.8) is 0 Å². The van der Waals surface area contributed by atoms with Gasteiger partial charge in [-0.05, 0) is 25.3 Å². The van der Waals surface area contributed by atoms with E-state index in [-0.39, 0.29) is 11.6 Å². The number of nitro benzene ring substituents is 1. The van der Waals surface area contributed by atoms with Gasteiger partial charge in [-0.25, -0.2) is 0 Å². The van der Waals surface area contributed by atoms with Crippen molar-refractivity contribution in [1.29, 1.82) is 0 Å². The van der Waals surface area contributed by atoms with Crippen molar-refractivity contribution in [3.05, 3.63) is 76.0 Å². The van der Waals surface area contributed by atoms with E-state index in [9.17, 15) is 14.9 Å². The van der Waals surface area contributed by atoms with Crippen LogP contribution >= 0.6 is 0 Å². The molecular formula is C20H17N3O4. The zero-order valence-corrected chi connectivity index (χ0v) is 14.6. The molecule has 2 aromatic carbocycles. The Kier molecular flexibility index (Phi) is 3.99. The summed E-state index contributed by atoms with van der Waals surface area (Å²) in [5.74, 6) is 0.384. The maximum Gasteiger partial charge on any atom is 0.271 e. The lowest BCUT2D eigenvalue weighted by Gasteiger charge is -2.14. The summed E-state index contributed by atoms with van der Waals surface area (Å²) in [7, 11) is 0. The molecule has 7 nitrogen and oxygen atoms in total. The fourth-order valence-corrected chi connectivity index (χ4v) is 3.06. The summed E-state index contributed by atoms with van der Waals surface area (Å²) in [5.41, 5.74) is 1.87. The van der Waals surface area contributed by atoms with E-state index >= 15 is 0 Å². The van der Waals surface area contributed by atoms with Crippen LogP contribution < -0.4 is 5.32 Å². The third-order valence-electron chi connectivity index (χ3n) is 4.92. The lowest BCUT2D eigenvalue weighted by molar-refractivity contribution is -0.384. The Bertz CT molecular complexity index is 1020. The number of rotatable bonds is 5. The topological polar surface area (TPSA) is 98.3 Å². The summed E-state index contributed by atoms with van der Waals surface area (Å²) >= 11 is 0. The van der Waals surface area contributed by atoms with E-state index in [2.05, 4.69) is 10.5 Å². The number of aromatic nitrogens is 1. The molecule has 1 N–H and O–H groups in total. The van der Waals surface area contributed by atoms with Gasteiger partial charge in [0.15, 0.2) is 5.76 Å². The highest BCUT2D eigenvalue weighted by molar-refractivity contribution is 6.01. The Hall–Kier alpha value is -3.48. The molecule has 0 unspecified atom stereocenters. The van der Waals surface area contributed by atoms with Crippen LogP contribution in [0, 0.1) is 17.0 Å². The van der Waals surface area contributed by atoms with Crippen LogP contribution in [0.1, 0.15) is 24.1 Å². The molecule has 1 saturated carbocycles. The van der Waals surface area contributed by atoms with Crippen molar-refractivity contribution in [2.45, 2.75) is 25.2 Å². The van der Waals surface area contributed by atoms with Gasteiger partial charge in [-0.15, -0.1) is 0 Å². The molecule has 0 aliphatic heterocycles. The second-order valence-corrected chi connectivity index (χ2v) is 6.73. The van der Waals surface area contributed by atoms with Crippen LogP contribution in [-0.2, 0) is 10.2 Å².